The Kier molecular flexibility index (Phi) is 10.2. The number of nitrogens with two attached hydrogens (primary N) is 1. The summed E-state index contributed by atoms with van der Waals surface area (Å²) < 4.78 is 0. The average molecular weight is 514 g/mol. The third-order valence-corrected chi connectivity index (χ3v) is 10.7. The number of nitrogens with one attached hydrogen (secondary N) is 2. The normalized spacial score (nSPS) is 31.1. The Labute approximate surface area is 226 Å². The summed E-state index contributed by atoms with van der Waals surface area (Å²) in [6.45, 7) is 4.52. The zero-order valence-corrected chi connectivity index (χ0v) is 23.5. The fourth-order valence-corrected chi connectivity index (χ4v) is 8.58. The van der Waals surface area contributed by atoms with Gasteiger partial charge in [-0.15, -0.1) is 0 Å². The maximum Gasteiger partial charge on any atom is 0.0942 e. The molecule has 2 atom stereocenters. The van der Waals surface area contributed by atoms with Crippen LogP contribution in [0, 0.1) is 23.2 Å². The van der Waals surface area contributed by atoms with Gasteiger partial charge in [-0.2, -0.15) is 0 Å². The molecule has 3 saturated carbocycles. The molecule has 5 rings (SSSR count). The standard InChI is InChI=1S/C30H55N7/c31-20-30(27-14-8-3-9-15-27,28-34-21-32-23-36(28)18-16-25-10-4-1-5-11-25)29-35-22-33-24-37(29)19-17-26-12-6-2-7-13-26/h21-22,25-29H,1-20,23-24,31H2,(H,32,34)(H,33,35). The fraction of sp³-hybridized carbons (Fsp3) is 0.933. The molecule has 3 aliphatic carbocycles. The van der Waals surface area contributed by atoms with Gasteiger partial charge in [0.1, 0.15) is 0 Å². The average Bonchev–Trinajstić information content (AvgIpc) is 2.98. The molecule has 0 aromatic rings. The summed E-state index contributed by atoms with van der Waals surface area (Å²) in [4.78, 5) is 14.7. The van der Waals surface area contributed by atoms with E-state index >= 15 is 0 Å². The molecule has 0 radical (unpaired) electrons. The van der Waals surface area contributed by atoms with Crippen molar-refractivity contribution >= 4 is 12.7 Å². The van der Waals surface area contributed by atoms with Crippen LogP contribution in [0.25, 0.3) is 0 Å². The Morgan fingerprint density at radius 3 is 1.51 bits per heavy atom. The molecule has 7 heteroatoms. The van der Waals surface area contributed by atoms with Crippen LogP contribution in [0.1, 0.15) is 109 Å². The van der Waals surface area contributed by atoms with Crippen LogP contribution in [-0.4, -0.2) is 67.8 Å². The lowest BCUT2D eigenvalue weighted by atomic mass is 9.63. The monoisotopic (exact) mass is 513 g/mol. The van der Waals surface area contributed by atoms with Gasteiger partial charge in [0, 0.05) is 19.6 Å². The SMILES string of the molecule is NCC(C1CCCCC1)(C1NC=NCN1CCC1CCCCC1)C1NC=NCN1CCC1CCCCC1. The van der Waals surface area contributed by atoms with Crippen molar-refractivity contribution < 1.29 is 0 Å². The first-order valence-electron chi connectivity index (χ1n) is 16.0. The van der Waals surface area contributed by atoms with Crippen LogP contribution in [-0.2, 0) is 0 Å². The van der Waals surface area contributed by atoms with Crippen molar-refractivity contribution in [2.75, 3.05) is 33.0 Å². The highest BCUT2D eigenvalue weighted by atomic mass is 15.4. The van der Waals surface area contributed by atoms with Crippen LogP contribution in [0.4, 0.5) is 0 Å². The minimum Gasteiger partial charge on any atom is -0.360 e. The number of hydrogen-bond acceptors (Lipinski definition) is 7. The van der Waals surface area contributed by atoms with Crippen LogP contribution in [0.5, 0.6) is 0 Å². The van der Waals surface area contributed by atoms with Crippen molar-refractivity contribution in [1.29, 1.82) is 0 Å². The second-order valence-corrected chi connectivity index (χ2v) is 12.9. The third kappa shape index (κ3) is 6.52. The fourth-order valence-electron chi connectivity index (χ4n) is 8.58. The molecule has 0 aromatic carbocycles. The third-order valence-electron chi connectivity index (χ3n) is 10.7. The van der Waals surface area contributed by atoms with Crippen molar-refractivity contribution in [3.63, 3.8) is 0 Å². The van der Waals surface area contributed by atoms with Gasteiger partial charge in [-0.3, -0.25) is 19.8 Å². The van der Waals surface area contributed by atoms with E-state index in [2.05, 4.69) is 20.4 Å². The second-order valence-electron chi connectivity index (χ2n) is 12.9. The van der Waals surface area contributed by atoms with Gasteiger partial charge in [-0.05, 0) is 43.4 Å². The minimum atomic E-state index is -0.0849. The van der Waals surface area contributed by atoms with Crippen molar-refractivity contribution in [3.8, 4) is 0 Å². The van der Waals surface area contributed by atoms with E-state index in [0.29, 0.717) is 12.5 Å². The number of nitrogens with zero attached hydrogens (tertiary/aromatic N) is 4. The van der Waals surface area contributed by atoms with E-state index in [0.717, 1.165) is 38.3 Å². The summed E-state index contributed by atoms with van der Waals surface area (Å²) in [5.74, 6) is 2.37. The molecule has 0 amide bonds. The Morgan fingerprint density at radius 1 is 0.649 bits per heavy atom. The summed E-state index contributed by atoms with van der Waals surface area (Å²) >= 11 is 0. The highest BCUT2D eigenvalue weighted by molar-refractivity contribution is 5.57. The zero-order valence-electron chi connectivity index (χ0n) is 23.5. The van der Waals surface area contributed by atoms with Gasteiger partial charge in [0.05, 0.1) is 43.8 Å². The van der Waals surface area contributed by atoms with E-state index in [1.54, 1.807) is 0 Å². The molecule has 4 N–H and O–H groups in total. The Bertz CT molecular complexity index is 673. The molecule has 7 nitrogen and oxygen atoms in total. The van der Waals surface area contributed by atoms with Crippen LogP contribution < -0.4 is 16.4 Å². The molecule has 2 aliphatic heterocycles. The molecule has 0 bridgehead atoms. The molecular formula is C30H55N7. The summed E-state index contributed by atoms with van der Waals surface area (Å²) in [5.41, 5.74) is 6.90. The molecule has 2 unspecified atom stereocenters. The van der Waals surface area contributed by atoms with Gasteiger partial charge in [-0.25, -0.2) is 0 Å². The molecule has 3 fully saturated rings. The first kappa shape index (κ1) is 27.4. The molecule has 210 valence electrons. The lowest BCUT2D eigenvalue weighted by molar-refractivity contribution is -0.0824. The van der Waals surface area contributed by atoms with E-state index in [9.17, 15) is 0 Å². The van der Waals surface area contributed by atoms with Gasteiger partial charge in [0.2, 0.25) is 0 Å². The maximum absolute atomic E-state index is 6.98. The van der Waals surface area contributed by atoms with Crippen LogP contribution in [0.3, 0.4) is 0 Å². The molecule has 0 aromatic heterocycles. The summed E-state index contributed by atoms with van der Waals surface area (Å²) in [5, 5.41) is 7.63. The van der Waals surface area contributed by atoms with E-state index in [1.165, 1.54) is 109 Å². The number of hydrogen-bond donors (Lipinski definition) is 3. The number of aliphatic imine (C=N–C) groups is 2. The highest BCUT2D eigenvalue weighted by Crippen LogP contribution is 2.46. The van der Waals surface area contributed by atoms with Crippen molar-refractivity contribution in [3.05, 3.63) is 0 Å². The van der Waals surface area contributed by atoms with Crippen molar-refractivity contribution in [2.24, 2.45) is 38.9 Å². The van der Waals surface area contributed by atoms with Gasteiger partial charge in [0.25, 0.3) is 0 Å². The summed E-state index contributed by atoms with van der Waals surface area (Å²) in [6, 6.07) is 0. The Hall–Kier alpha value is -1.18. The van der Waals surface area contributed by atoms with Crippen LogP contribution in [0.2, 0.25) is 0 Å². The highest BCUT2D eigenvalue weighted by Gasteiger charge is 2.54. The van der Waals surface area contributed by atoms with Crippen LogP contribution in [0.15, 0.2) is 9.98 Å². The summed E-state index contributed by atoms with van der Waals surface area (Å²) in [6.07, 6.45) is 27.8. The second kappa shape index (κ2) is 13.7. The smallest absolute Gasteiger partial charge is 0.0942 e. The maximum atomic E-state index is 6.98. The van der Waals surface area contributed by atoms with Crippen molar-refractivity contribution in [1.82, 2.24) is 20.4 Å². The molecular weight excluding hydrogens is 458 g/mol. The predicted octanol–water partition coefficient (Wildman–Crippen LogP) is 4.89. The van der Waals surface area contributed by atoms with E-state index in [-0.39, 0.29) is 17.7 Å². The first-order valence-corrected chi connectivity index (χ1v) is 16.0. The van der Waals surface area contributed by atoms with Gasteiger partial charge in [-0.1, -0.05) is 83.5 Å². The quantitative estimate of drug-likeness (QED) is 0.388. The molecule has 0 spiro atoms. The van der Waals surface area contributed by atoms with E-state index in [4.69, 9.17) is 15.7 Å². The predicted molar refractivity (Wildman–Crippen MR) is 154 cm³/mol. The number of rotatable bonds is 10. The lowest BCUT2D eigenvalue weighted by Crippen LogP contribution is -2.73. The van der Waals surface area contributed by atoms with Crippen LogP contribution >= 0.6 is 0 Å². The molecule has 0 saturated heterocycles. The zero-order chi connectivity index (χ0) is 25.3. The topological polar surface area (TPSA) is 81.3 Å². The largest absolute Gasteiger partial charge is 0.360 e. The van der Waals surface area contributed by atoms with E-state index in [1.807, 2.05) is 12.7 Å². The molecule has 5 aliphatic rings. The molecule has 2 heterocycles. The lowest BCUT2D eigenvalue weighted by Gasteiger charge is -2.57. The van der Waals surface area contributed by atoms with Gasteiger partial charge >= 0.3 is 0 Å². The van der Waals surface area contributed by atoms with Crippen molar-refractivity contribution in [2.45, 2.75) is 121 Å². The van der Waals surface area contributed by atoms with Gasteiger partial charge < -0.3 is 16.4 Å². The minimum absolute atomic E-state index is 0.0849. The van der Waals surface area contributed by atoms with Gasteiger partial charge in [0.15, 0.2) is 0 Å². The summed E-state index contributed by atoms with van der Waals surface area (Å²) in [7, 11) is 0. The molecule has 37 heavy (non-hydrogen) atoms. The van der Waals surface area contributed by atoms with E-state index < -0.39 is 0 Å². The first-order chi connectivity index (χ1) is 18.3. The Balaban J connectivity index is 1.38. The Morgan fingerprint density at radius 2 is 1.08 bits per heavy atom.